The fourth-order valence-electron chi connectivity index (χ4n) is 8.91. The number of imidazole rings is 3. The number of hydrogen-bond acceptors (Lipinski definition) is 12. The Bertz CT molecular complexity index is 2350. The number of aromatic amines is 3. The predicted octanol–water partition coefficient (Wildman–Crippen LogP) is 1.07. The van der Waals surface area contributed by atoms with Gasteiger partial charge in [0.1, 0.15) is 30.2 Å². The number of aliphatic carboxylic acids is 1. The second-order valence-corrected chi connectivity index (χ2v) is 19.6. The number of carboxylic acids is 1. The Morgan fingerprint density at radius 3 is 1.81 bits per heavy atom. The van der Waals surface area contributed by atoms with Gasteiger partial charge in [0.2, 0.25) is 35.4 Å². The molecule has 0 spiro atoms. The molecule has 22 heteroatoms. The highest BCUT2D eigenvalue weighted by Gasteiger charge is 2.40. The average molecular weight is 1000 g/mol. The number of aromatic nitrogens is 6. The van der Waals surface area contributed by atoms with E-state index in [0.717, 1.165) is 5.56 Å². The van der Waals surface area contributed by atoms with Crippen LogP contribution in [0.25, 0.3) is 0 Å². The Morgan fingerprint density at radius 2 is 1.26 bits per heavy atom. The number of nitrogens with one attached hydrogen (secondary N) is 8. The Morgan fingerprint density at radius 1 is 0.708 bits per heavy atom. The van der Waals surface area contributed by atoms with Crippen molar-refractivity contribution in [3.63, 3.8) is 0 Å². The summed E-state index contributed by atoms with van der Waals surface area (Å²) in [5.74, 6) is -6.39. The van der Waals surface area contributed by atoms with Gasteiger partial charge >= 0.3 is 5.97 Å². The Hall–Kier alpha value is -6.94. The van der Waals surface area contributed by atoms with Gasteiger partial charge in [0, 0.05) is 73.8 Å². The summed E-state index contributed by atoms with van der Waals surface area (Å²) in [4.78, 5) is 119. The van der Waals surface area contributed by atoms with Crippen molar-refractivity contribution in [3.05, 3.63) is 90.5 Å². The molecule has 4 heterocycles. The normalized spacial score (nSPS) is 17.4. The summed E-state index contributed by atoms with van der Waals surface area (Å²) in [6.07, 6.45) is 9.27. The van der Waals surface area contributed by atoms with Gasteiger partial charge in [0.05, 0.1) is 37.2 Å². The minimum atomic E-state index is -1.30. The maximum absolute atomic E-state index is 14.5. The molecule has 1 fully saturated rings. The molecule has 1 aliphatic heterocycles. The maximum atomic E-state index is 14.5. The summed E-state index contributed by atoms with van der Waals surface area (Å²) in [5, 5.41) is 36.0. The monoisotopic (exact) mass is 1000 g/mol. The van der Waals surface area contributed by atoms with E-state index < -0.39 is 102 Å². The molecule has 392 valence electrons. The Labute approximate surface area is 419 Å². The molecule has 12 N–H and O–H groups in total. The van der Waals surface area contributed by atoms with Crippen molar-refractivity contribution in [2.45, 2.75) is 148 Å². The molecule has 1 aromatic carbocycles. The van der Waals surface area contributed by atoms with Gasteiger partial charge in [-0.2, -0.15) is 0 Å². The molecule has 0 unspecified atom stereocenters. The van der Waals surface area contributed by atoms with Crippen LogP contribution < -0.4 is 32.3 Å². The van der Waals surface area contributed by atoms with Gasteiger partial charge in [-0.1, -0.05) is 78.3 Å². The fourth-order valence-corrected chi connectivity index (χ4v) is 8.91. The number of likely N-dealkylation sites (tertiary alicyclic amines) is 1. The molecular weight excluding hydrogens is 927 g/mol. The maximum Gasteiger partial charge on any atom is 0.326 e. The number of rotatable bonds is 28. The van der Waals surface area contributed by atoms with Crippen molar-refractivity contribution < 1.29 is 43.8 Å². The van der Waals surface area contributed by atoms with Crippen molar-refractivity contribution in [1.82, 2.24) is 61.4 Å². The molecule has 1 aliphatic rings. The predicted molar refractivity (Wildman–Crippen MR) is 265 cm³/mol. The van der Waals surface area contributed by atoms with E-state index in [1.165, 1.54) is 36.3 Å². The number of nitrogens with two attached hydrogens (primary N) is 1. The summed E-state index contributed by atoms with van der Waals surface area (Å²) in [6, 6.07) is 1.45. The molecule has 6 amide bonds. The molecule has 4 aromatic rings. The Balaban J connectivity index is 1.32. The molecule has 0 bridgehead atoms. The zero-order valence-electron chi connectivity index (χ0n) is 42.0. The first-order valence-corrected chi connectivity index (χ1v) is 24.8. The van der Waals surface area contributed by atoms with Crippen LogP contribution in [-0.2, 0) is 59.2 Å². The van der Waals surface area contributed by atoms with Crippen molar-refractivity contribution >= 4 is 41.4 Å². The van der Waals surface area contributed by atoms with Gasteiger partial charge in [-0.25, -0.2) is 19.7 Å². The van der Waals surface area contributed by atoms with Gasteiger partial charge in [-0.05, 0) is 49.0 Å². The summed E-state index contributed by atoms with van der Waals surface area (Å²) >= 11 is 0. The van der Waals surface area contributed by atoms with Crippen molar-refractivity contribution in [2.75, 3.05) is 6.54 Å². The first-order chi connectivity index (χ1) is 34.3. The van der Waals surface area contributed by atoms with E-state index in [1.807, 2.05) is 39.0 Å². The number of amides is 6. The van der Waals surface area contributed by atoms with Gasteiger partial charge in [0.15, 0.2) is 0 Å². The summed E-state index contributed by atoms with van der Waals surface area (Å²) < 4.78 is 0. The van der Waals surface area contributed by atoms with E-state index in [-0.39, 0.29) is 50.4 Å². The van der Waals surface area contributed by atoms with Crippen LogP contribution in [0.2, 0.25) is 0 Å². The van der Waals surface area contributed by atoms with Gasteiger partial charge in [0.25, 0.3) is 0 Å². The average Bonchev–Trinajstić information content (AvgIpc) is 4.21. The van der Waals surface area contributed by atoms with E-state index in [1.54, 1.807) is 39.1 Å². The molecule has 0 radical (unpaired) electrons. The lowest BCUT2D eigenvalue weighted by Crippen LogP contribution is -2.59. The smallest absolute Gasteiger partial charge is 0.326 e. The molecule has 0 aliphatic carbocycles. The number of carboxylic acid groups (broad SMARTS) is 1. The van der Waals surface area contributed by atoms with Crippen LogP contribution in [0.5, 0.6) is 0 Å². The third kappa shape index (κ3) is 16.3. The van der Waals surface area contributed by atoms with E-state index in [2.05, 4.69) is 56.5 Å². The number of nitrogens with zero attached hydrogens (tertiary/aromatic N) is 4. The van der Waals surface area contributed by atoms with Crippen LogP contribution in [-0.4, -0.2) is 141 Å². The topological polar surface area (TPSA) is 335 Å². The molecule has 5 rings (SSSR count). The van der Waals surface area contributed by atoms with Crippen LogP contribution in [0.4, 0.5) is 0 Å². The number of hydrogen-bond donors (Lipinski definition) is 11. The molecule has 0 saturated carbocycles. The van der Waals surface area contributed by atoms with Gasteiger partial charge in [-0.15, -0.1) is 0 Å². The fraction of sp³-hybridized carbons (Fsp3) is 0.560. The first kappa shape index (κ1) is 56.0. The number of H-pyrrole nitrogens is 3. The first-order valence-electron chi connectivity index (χ1n) is 24.8. The number of carbonyl (C=O) groups excluding carboxylic acids is 6. The highest BCUT2D eigenvalue weighted by Crippen LogP contribution is 2.24. The zero-order chi connectivity index (χ0) is 52.5. The molecule has 1 saturated heterocycles. The number of aliphatic hydroxyl groups excluding tert-OH is 1. The largest absolute Gasteiger partial charge is 0.480 e. The quantitative estimate of drug-likeness (QED) is 0.0380. The minimum absolute atomic E-state index is 0.0477. The minimum Gasteiger partial charge on any atom is -0.480 e. The van der Waals surface area contributed by atoms with E-state index in [0.29, 0.717) is 42.9 Å². The van der Waals surface area contributed by atoms with Crippen LogP contribution in [0.3, 0.4) is 0 Å². The Kier molecular flexibility index (Phi) is 21.0. The molecular formula is C50H73N13O9. The highest BCUT2D eigenvalue weighted by molar-refractivity contribution is 5.95. The van der Waals surface area contributed by atoms with Gasteiger partial charge in [-0.3, -0.25) is 28.8 Å². The highest BCUT2D eigenvalue weighted by atomic mass is 16.4. The summed E-state index contributed by atoms with van der Waals surface area (Å²) in [6.45, 7) is 11.4. The number of benzene rings is 1. The van der Waals surface area contributed by atoms with E-state index in [9.17, 15) is 43.8 Å². The summed E-state index contributed by atoms with van der Waals surface area (Å²) in [7, 11) is 0. The molecule has 22 nitrogen and oxygen atoms in total. The number of carbonyl (C=O) groups is 7. The SMILES string of the molecule is CC[C@H](C)[C@@H](NC(=O)[C@@H](C[C@H](O)[C@H](CC(C)C)NC(=O)[C@H](Cc1cnc[nH]1)NC(=O)[C@H](Cc1ccccc1)NC(=O)[C@@H]1CCCN1C(=O)[C@@H](N)Cc1cnc[nH]1)C(C)C)C(=O)N[C@@H](Cc1cnc[nH]1)C(=O)O. The lowest BCUT2D eigenvalue weighted by molar-refractivity contribution is -0.142. The van der Waals surface area contributed by atoms with Crippen LogP contribution in [0, 0.1) is 23.7 Å². The van der Waals surface area contributed by atoms with E-state index >= 15 is 0 Å². The van der Waals surface area contributed by atoms with Crippen LogP contribution >= 0.6 is 0 Å². The van der Waals surface area contributed by atoms with E-state index in [4.69, 9.17) is 5.73 Å². The van der Waals surface area contributed by atoms with Crippen molar-refractivity contribution in [2.24, 2.45) is 29.4 Å². The second-order valence-electron chi connectivity index (χ2n) is 19.6. The third-order valence-corrected chi connectivity index (χ3v) is 13.2. The molecule has 10 atom stereocenters. The van der Waals surface area contributed by atoms with Crippen molar-refractivity contribution in [3.8, 4) is 0 Å². The van der Waals surface area contributed by atoms with Crippen molar-refractivity contribution in [1.29, 1.82) is 0 Å². The molecule has 3 aromatic heterocycles. The lowest BCUT2D eigenvalue weighted by atomic mass is 9.85. The molecule has 72 heavy (non-hydrogen) atoms. The summed E-state index contributed by atoms with van der Waals surface area (Å²) in [5.41, 5.74) is 8.71. The zero-order valence-corrected chi connectivity index (χ0v) is 42.0. The van der Waals surface area contributed by atoms with Gasteiger partial charge < -0.3 is 62.4 Å². The number of aliphatic hydroxyl groups is 1. The standard InChI is InChI=1S/C50H73N13O9/c1-7-30(6)43(48(69)61-40(50(71)72)20-34-24-54-27-57-34)62-44(65)35(29(4)5)21-42(64)37(16-28(2)3)58-46(67)39(19-33-23-53-26-56-33)59-45(66)38(17-31-12-9-8-10-13-31)60-47(68)41-14-11-15-63(41)49(70)36(51)18-32-22-52-25-55-32/h8-10,12-13,22-30,35-43,64H,7,11,14-21,51H2,1-6H3,(H,52,55)(H,53,56)(H,54,57)(H,58,67)(H,59,66)(H,60,68)(H,61,69)(H,62,65)(H,71,72)/t30-,35-,36-,37-,38-,39-,40-,41-,42-,43+/m0/s1. The second kappa shape index (κ2) is 27.0. The third-order valence-electron chi connectivity index (χ3n) is 13.2. The van der Waals surface area contributed by atoms with Crippen LogP contribution in [0.15, 0.2) is 67.9 Å². The van der Waals surface area contributed by atoms with Crippen LogP contribution in [0.1, 0.15) is 96.3 Å². The lowest BCUT2D eigenvalue weighted by Gasteiger charge is -2.33.